The zero-order valence-electron chi connectivity index (χ0n) is 12.7. The third-order valence-electron chi connectivity index (χ3n) is 4.35. The number of rotatable bonds is 3. The predicted octanol–water partition coefficient (Wildman–Crippen LogP) is 3.83. The van der Waals surface area contributed by atoms with Gasteiger partial charge in [0, 0.05) is 18.1 Å². The van der Waals surface area contributed by atoms with Crippen LogP contribution < -0.4 is 5.73 Å². The van der Waals surface area contributed by atoms with Gasteiger partial charge < -0.3 is 5.73 Å². The smallest absolute Gasteiger partial charge is 0.323 e. The molecular formula is C16H23F3N2. The molecule has 0 saturated heterocycles. The molecule has 0 amide bonds. The maximum Gasteiger partial charge on any atom is 0.401 e. The Balaban J connectivity index is 2.31. The average molecular weight is 300 g/mol. The highest BCUT2D eigenvalue weighted by atomic mass is 19.4. The highest BCUT2D eigenvalue weighted by Crippen LogP contribution is 2.39. The van der Waals surface area contributed by atoms with Crippen molar-refractivity contribution in [3.8, 4) is 0 Å². The number of alkyl halides is 3. The number of nitrogens with two attached hydrogens (primary N) is 1. The number of hydrogen-bond donors (Lipinski definition) is 1. The highest BCUT2D eigenvalue weighted by Gasteiger charge is 2.40. The fourth-order valence-electron chi connectivity index (χ4n) is 3.34. The van der Waals surface area contributed by atoms with Gasteiger partial charge in [-0.05, 0) is 37.3 Å². The predicted molar refractivity (Wildman–Crippen MR) is 78.1 cm³/mol. The Kier molecular flexibility index (Phi) is 4.63. The van der Waals surface area contributed by atoms with E-state index in [0.717, 1.165) is 11.1 Å². The van der Waals surface area contributed by atoms with Crippen molar-refractivity contribution in [3.05, 3.63) is 35.4 Å². The molecular weight excluding hydrogens is 277 g/mol. The Morgan fingerprint density at radius 1 is 1.24 bits per heavy atom. The van der Waals surface area contributed by atoms with Crippen LogP contribution in [0.2, 0.25) is 0 Å². The zero-order valence-corrected chi connectivity index (χ0v) is 12.7. The van der Waals surface area contributed by atoms with E-state index in [2.05, 4.69) is 6.92 Å². The van der Waals surface area contributed by atoms with Gasteiger partial charge in [0.05, 0.1) is 6.54 Å². The molecule has 0 bridgehead atoms. The second-order valence-electron chi connectivity index (χ2n) is 6.24. The Hall–Kier alpha value is -1.07. The number of benzene rings is 1. The number of halogens is 3. The van der Waals surface area contributed by atoms with Crippen LogP contribution in [0.25, 0.3) is 0 Å². The first-order chi connectivity index (χ1) is 9.70. The van der Waals surface area contributed by atoms with Crippen LogP contribution in [-0.4, -0.2) is 29.7 Å². The molecule has 21 heavy (non-hydrogen) atoms. The van der Waals surface area contributed by atoms with Gasteiger partial charge in [-0.1, -0.05) is 31.2 Å². The van der Waals surface area contributed by atoms with Gasteiger partial charge in [-0.3, -0.25) is 4.90 Å². The molecule has 0 heterocycles. The fourth-order valence-corrected chi connectivity index (χ4v) is 3.34. The van der Waals surface area contributed by atoms with Crippen LogP contribution in [-0.2, 0) is 0 Å². The lowest BCUT2D eigenvalue weighted by atomic mass is 9.77. The summed E-state index contributed by atoms with van der Waals surface area (Å²) >= 11 is 0. The molecule has 0 saturated carbocycles. The standard InChI is InChI=1S/C16H23F3N2/c1-10(2)21(9-16(17,18)19)14-8-11(3)12-6-4-5-7-13(12)15(14)20/h4-7,10-11,14-15H,8-9,20H2,1-3H3. The van der Waals surface area contributed by atoms with Crippen molar-refractivity contribution in [2.75, 3.05) is 6.54 Å². The van der Waals surface area contributed by atoms with E-state index in [0.29, 0.717) is 6.42 Å². The van der Waals surface area contributed by atoms with Crippen molar-refractivity contribution >= 4 is 0 Å². The van der Waals surface area contributed by atoms with E-state index in [1.54, 1.807) is 13.8 Å². The van der Waals surface area contributed by atoms with Gasteiger partial charge in [0.15, 0.2) is 0 Å². The summed E-state index contributed by atoms with van der Waals surface area (Å²) in [6.45, 7) is 4.75. The molecule has 1 aromatic carbocycles. The molecule has 2 N–H and O–H groups in total. The Labute approximate surface area is 124 Å². The molecule has 1 aliphatic rings. The maximum absolute atomic E-state index is 12.9. The van der Waals surface area contributed by atoms with E-state index in [-0.39, 0.29) is 24.0 Å². The van der Waals surface area contributed by atoms with Crippen LogP contribution in [0, 0.1) is 0 Å². The number of hydrogen-bond acceptors (Lipinski definition) is 2. The summed E-state index contributed by atoms with van der Waals surface area (Å²) in [6.07, 6.45) is -3.55. The van der Waals surface area contributed by atoms with Crippen LogP contribution in [0.5, 0.6) is 0 Å². The van der Waals surface area contributed by atoms with E-state index in [9.17, 15) is 13.2 Å². The summed E-state index contributed by atoms with van der Waals surface area (Å²) in [5, 5.41) is 0. The number of fused-ring (bicyclic) bond motifs is 1. The van der Waals surface area contributed by atoms with Gasteiger partial charge in [-0.2, -0.15) is 13.2 Å². The molecule has 5 heteroatoms. The van der Waals surface area contributed by atoms with Crippen molar-refractivity contribution in [2.24, 2.45) is 5.73 Å². The molecule has 118 valence electrons. The third kappa shape index (κ3) is 3.58. The quantitative estimate of drug-likeness (QED) is 0.919. The van der Waals surface area contributed by atoms with Gasteiger partial charge in [-0.15, -0.1) is 0 Å². The SMILES string of the molecule is CC1CC(N(CC(F)(F)F)C(C)C)C(N)c2ccccc21. The zero-order chi connectivity index (χ0) is 15.8. The molecule has 3 unspecified atom stereocenters. The minimum Gasteiger partial charge on any atom is -0.323 e. The summed E-state index contributed by atoms with van der Waals surface area (Å²) in [4.78, 5) is 1.50. The summed E-state index contributed by atoms with van der Waals surface area (Å²) in [5.41, 5.74) is 8.45. The molecule has 1 aliphatic carbocycles. The lowest BCUT2D eigenvalue weighted by molar-refractivity contribution is -0.157. The van der Waals surface area contributed by atoms with Crippen LogP contribution in [0.1, 0.15) is 50.3 Å². The van der Waals surface area contributed by atoms with E-state index >= 15 is 0 Å². The second kappa shape index (κ2) is 5.97. The van der Waals surface area contributed by atoms with Gasteiger partial charge in [0.1, 0.15) is 0 Å². The molecule has 0 spiro atoms. The third-order valence-corrected chi connectivity index (χ3v) is 4.35. The Bertz CT molecular complexity index is 485. The summed E-state index contributed by atoms with van der Waals surface area (Å²) in [7, 11) is 0. The first-order valence-electron chi connectivity index (χ1n) is 7.37. The average Bonchev–Trinajstić information content (AvgIpc) is 2.39. The van der Waals surface area contributed by atoms with Crippen LogP contribution in [0.4, 0.5) is 13.2 Å². The molecule has 2 nitrogen and oxygen atoms in total. The minimum absolute atomic E-state index is 0.194. The molecule has 0 radical (unpaired) electrons. The molecule has 2 rings (SSSR count). The molecule has 1 aromatic rings. The summed E-state index contributed by atoms with van der Waals surface area (Å²) < 4.78 is 38.6. The second-order valence-corrected chi connectivity index (χ2v) is 6.24. The van der Waals surface area contributed by atoms with Crippen LogP contribution in [0.15, 0.2) is 24.3 Å². The van der Waals surface area contributed by atoms with Crippen molar-refractivity contribution in [3.63, 3.8) is 0 Å². The highest BCUT2D eigenvalue weighted by molar-refractivity contribution is 5.36. The monoisotopic (exact) mass is 300 g/mol. The normalized spacial score (nSPS) is 26.2. The maximum atomic E-state index is 12.9. The van der Waals surface area contributed by atoms with E-state index in [1.807, 2.05) is 24.3 Å². The minimum atomic E-state index is -4.20. The van der Waals surface area contributed by atoms with E-state index in [4.69, 9.17) is 5.73 Å². The van der Waals surface area contributed by atoms with Gasteiger partial charge in [0.25, 0.3) is 0 Å². The molecule has 3 atom stereocenters. The van der Waals surface area contributed by atoms with Crippen molar-refractivity contribution in [1.82, 2.24) is 4.90 Å². The van der Waals surface area contributed by atoms with E-state index < -0.39 is 12.7 Å². The summed E-state index contributed by atoms with van der Waals surface area (Å²) in [6, 6.07) is 6.97. The summed E-state index contributed by atoms with van der Waals surface area (Å²) in [5.74, 6) is 0.223. The van der Waals surface area contributed by atoms with Crippen LogP contribution in [0.3, 0.4) is 0 Å². The molecule has 0 aliphatic heterocycles. The fraction of sp³-hybridized carbons (Fsp3) is 0.625. The first-order valence-corrected chi connectivity index (χ1v) is 7.37. The largest absolute Gasteiger partial charge is 0.401 e. The van der Waals surface area contributed by atoms with Crippen molar-refractivity contribution in [1.29, 1.82) is 0 Å². The van der Waals surface area contributed by atoms with Gasteiger partial charge in [-0.25, -0.2) is 0 Å². The van der Waals surface area contributed by atoms with Crippen molar-refractivity contribution in [2.45, 2.75) is 57.4 Å². The Morgan fingerprint density at radius 3 is 2.33 bits per heavy atom. The molecule has 0 fully saturated rings. The lowest BCUT2D eigenvalue weighted by Crippen LogP contribution is -2.52. The Morgan fingerprint density at radius 2 is 1.81 bits per heavy atom. The van der Waals surface area contributed by atoms with Gasteiger partial charge >= 0.3 is 6.18 Å². The number of nitrogens with zero attached hydrogens (tertiary/aromatic N) is 1. The van der Waals surface area contributed by atoms with Gasteiger partial charge in [0.2, 0.25) is 0 Å². The van der Waals surface area contributed by atoms with Crippen LogP contribution >= 0.6 is 0 Å². The topological polar surface area (TPSA) is 29.3 Å². The first kappa shape index (κ1) is 16.3. The lowest BCUT2D eigenvalue weighted by Gasteiger charge is -2.43. The van der Waals surface area contributed by atoms with Crippen molar-refractivity contribution < 1.29 is 13.2 Å². The molecule has 0 aromatic heterocycles. The van der Waals surface area contributed by atoms with E-state index in [1.165, 1.54) is 4.90 Å².